The Morgan fingerprint density at radius 2 is 2.00 bits per heavy atom. The van der Waals surface area contributed by atoms with Crippen molar-refractivity contribution in [1.29, 1.82) is 0 Å². The molecule has 0 N–H and O–H groups in total. The smallest absolute Gasteiger partial charge is 0.234 e. The van der Waals surface area contributed by atoms with E-state index in [1.165, 1.54) is 0 Å². The molecule has 3 rings (SSSR count). The van der Waals surface area contributed by atoms with Crippen molar-refractivity contribution >= 4 is 23.7 Å². The Bertz CT molecular complexity index is 719. The maximum Gasteiger partial charge on any atom is 0.234 e. The molecule has 2 heterocycles. The molecule has 4 nitrogen and oxygen atoms in total. The Balaban J connectivity index is 2.28. The molecule has 0 atom stereocenters. The first-order valence-electron chi connectivity index (χ1n) is 5.34. The first kappa shape index (κ1) is 10.9. The second kappa shape index (κ2) is 4.23. The molecule has 2 aromatic heterocycles. The maximum atomic E-state index is 11.2. The zero-order valence-corrected chi connectivity index (χ0v) is 10.0. The number of halogens is 1. The number of carbonyl (C=O) groups is 1. The number of benzene rings is 1. The summed E-state index contributed by atoms with van der Waals surface area (Å²) in [5.74, 6) is 0.504. The van der Waals surface area contributed by atoms with Gasteiger partial charge in [0.2, 0.25) is 5.78 Å². The largest absolute Gasteiger partial charge is 0.296 e. The summed E-state index contributed by atoms with van der Waals surface area (Å²) in [6, 6.07) is 8.95. The Labute approximate surface area is 108 Å². The fourth-order valence-corrected chi connectivity index (χ4v) is 1.96. The molecule has 0 saturated heterocycles. The number of carbonyl (C=O) groups excluding carboxylic acids is 1. The highest BCUT2D eigenvalue weighted by molar-refractivity contribution is 6.30. The Morgan fingerprint density at radius 1 is 1.22 bits per heavy atom. The number of fused-ring (bicyclic) bond motifs is 1. The van der Waals surface area contributed by atoms with Gasteiger partial charge >= 0.3 is 0 Å². The highest BCUT2D eigenvalue weighted by Crippen LogP contribution is 2.24. The molecule has 0 radical (unpaired) electrons. The molecular formula is C13H8ClN3O. The lowest BCUT2D eigenvalue weighted by atomic mass is 10.1. The van der Waals surface area contributed by atoms with Crippen LogP contribution in [0.2, 0.25) is 5.02 Å². The van der Waals surface area contributed by atoms with E-state index < -0.39 is 0 Å². The molecule has 0 unspecified atom stereocenters. The highest BCUT2D eigenvalue weighted by Gasteiger charge is 2.13. The Hall–Kier alpha value is -2.20. The normalized spacial score (nSPS) is 10.7. The molecule has 1 aromatic carbocycles. The van der Waals surface area contributed by atoms with Gasteiger partial charge in [-0.1, -0.05) is 23.7 Å². The van der Waals surface area contributed by atoms with Crippen LogP contribution in [0.5, 0.6) is 0 Å². The van der Waals surface area contributed by atoms with Crippen LogP contribution in [0.1, 0.15) is 10.5 Å². The van der Waals surface area contributed by atoms with Crippen molar-refractivity contribution in [2.45, 2.75) is 0 Å². The molecule has 0 fully saturated rings. The molecule has 0 saturated carbocycles. The quantitative estimate of drug-likeness (QED) is 0.663. The van der Waals surface area contributed by atoms with E-state index in [4.69, 9.17) is 11.6 Å². The minimum Gasteiger partial charge on any atom is -0.296 e. The summed E-state index contributed by atoms with van der Waals surface area (Å²) in [7, 11) is 0. The summed E-state index contributed by atoms with van der Waals surface area (Å²) in [4.78, 5) is 19.7. The van der Waals surface area contributed by atoms with E-state index in [-0.39, 0.29) is 0 Å². The van der Waals surface area contributed by atoms with Gasteiger partial charge < -0.3 is 0 Å². The fraction of sp³-hybridized carbons (Fsp3) is 0. The Morgan fingerprint density at radius 3 is 2.72 bits per heavy atom. The average Bonchev–Trinajstić information content (AvgIpc) is 2.78. The van der Waals surface area contributed by atoms with Crippen LogP contribution in [0.4, 0.5) is 0 Å². The van der Waals surface area contributed by atoms with E-state index in [0.29, 0.717) is 22.2 Å². The van der Waals surface area contributed by atoms with Crippen LogP contribution in [0, 0.1) is 0 Å². The van der Waals surface area contributed by atoms with Crippen molar-refractivity contribution in [3.05, 3.63) is 53.4 Å². The third-order valence-electron chi connectivity index (χ3n) is 2.67. The lowest BCUT2D eigenvalue weighted by Crippen LogP contribution is -1.92. The van der Waals surface area contributed by atoms with E-state index in [1.807, 2.05) is 12.1 Å². The van der Waals surface area contributed by atoms with E-state index in [9.17, 15) is 4.79 Å². The average molecular weight is 258 g/mol. The Kier molecular flexibility index (Phi) is 2.57. The van der Waals surface area contributed by atoms with Crippen molar-refractivity contribution in [2.75, 3.05) is 0 Å². The van der Waals surface area contributed by atoms with E-state index in [0.717, 1.165) is 11.8 Å². The van der Waals surface area contributed by atoms with Crippen molar-refractivity contribution in [3.8, 4) is 11.3 Å². The molecule has 3 aromatic rings. The molecule has 18 heavy (non-hydrogen) atoms. The molecule has 88 valence electrons. The third-order valence-corrected chi connectivity index (χ3v) is 2.92. The van der Waals surface area contributed by atoms with E-state index in [2.05, 4.69) is 9.97 Å². The molecular weight excluding hydrogens is 250 g/mol. The van der Waals surface area contributed by atoms with Crippen molar-refractivity contribution in [2.24, 2.45) is 0 Å². The van der Waals surface area contributed by atoms with Crippen LogP contribution >= 0.6 is 11.6 Å². The van der Waals surface area contributed by atoms with Crippen molar-refractivity contribution in [3.63, 3.8) is 0 Å². The van der Waals surface area contributed by atoms with Crippen LogP contribution in [0.3, 0.4) is 0 Å². The number of nitrogens with zero attached hydrogens (tertiary/aromatic N) is 3. The first-order valence-corrected chi connectivity index (χ1v) is 5.71. The molecule has 5 heteroatoms. The lowest BCUT2D eigenvalue weighted by Gasteiger charge is -1.98. The fourth-order valence-electron chi connectivity index (χ4n) is 1.84. The van der Waals surface area contributed by atoms with Crippen LogP contribution < -0.4 is 0 Å². The minimum absolute atomic E-state index is 0.487. The van der Waals surface area contributed by atoms with Gasteiger partial charge in [0, 0.05) is 23.0 Å². The van der Waals surface area contributed by atoms with Crippen LogP contribution in [-0.4, -0.2) is 20.7 Å². The van der Waals surface area contributed by atoms with Crippen LogP contribution in [0.15, 0.2) is 42.7 Å². The van der Waals surface area contributed by atoms with Gasteiger partial charge in [-0.25, -0.2) is 9.97 Å². The number of aldehydes is 1. The summed E-state index contributed by atoms with van der Waals surface area (Å²) in [5.41, 5.74) is 1.94. The number of hydrogen-bond donors (Lipinski definition) is 0. The number of aromatic nitrogens is 3. The summed E-state index contributed by atoms with van der Waals surface area (Å²) in [6.07, 6.45) is 4.19. The second-order valence-corrected chi connectivity index (χ2v) is 4.20. The lowest BCUT2D eigenvalue weighted by molar-refractivity contribution is 0.111. The summed E-state index contributed by atoms with van der Waals surface area (Å²) >= 11 is 5.84. The van der Waals surface area contributed by atoms with Crippen LogP contribution in [-0.2, 0) is 0 Å². The van der Waals surface area contributed by atoms with Gasteiger partial charge in [0.25, 0.3) is 0 Å². The highest BCUT2D eigenvalue weighted by atomic mass is 35.5. The van der Waals surface area contributed by atoms with Gasteiger partial charge in [0.05, 0.1) is 0 Å². The zero-order chi connectivity index (χ0) is 12.5. The SMILES string of the molecule is O=Cc1c(-c2ccc(Cl)cc2)nc2ncccn12. The predicted octanol–water partition coefficient (Wildman–Crippen LogP) is 2.86. The maximum absolute atomic E-state index is 11.2. The molecule has 0 bridgehead atoms. The number of imidazole rings is 1. The van der Waals surface area contributed by atoms with Crippen molar-refractivity contribution in [1.82, 2.24) is 14.4 Å². The molecule has 0 aliphatic heterocycles. The third kappa shape index (κ3) is 1.67. The monoisotopic (exact) mass is 257 g/mol. The zero-order valence-electron chi connectivity index (χ0n) is 9.25. The summed E-state index contributed by atoms with van der Waals surface area (Å²) in [5, 5.41) is 0.647. The van der Waals surface area contributed by atoms with Gasteiger partial charge in [0.15, 0.2) is 6.29 Å². The van der Waals surface area contributed by atoms with Crippen LogP contribution in [0.25, 0.3) is 17.0 Å². The molecule has 0 aliphatic carbocycles. The van der Waals surface area contributed by atoms with Crippen molar-refractivity contribution < 1.29 is 4.79 Å². The van der Waals surface area contributed by atoms with E-state index in [1.54, 1.807) is 35.0 Å². The minimum atomic E-state index is 0.487. The number of hydrogen-bond acceptors (Lipinski definition) is 3. The summed E-state index contributed by atoms with van der Waals surface area (Å²) < 4.78 is 1.66. The standard InChI is InChI=1S/C13H8ClN3O/c14-10-4-2-9(3-5-10)12-11(8-18)17-7-1-6-15-13(17)16-12/h1-8H. The van der Waals surface area contributed by atoms with E-state index >= 15 is 0 Å². The van der Waals surface area contributed by atoms with Gasteiger partial charge in [-0.3, -0.25) is 9.20 Å². The molecule has 0 amide bonds. The molecule has 0 spiro atoms. The second-order valence-electron chi connectivity index (χ2n) is 3.76. The predicted molar refractivity (Wildman–Crippen MR) is 68.8 cm³/mol. The van der Waals surface area contributed by atoms with Gasteiger partial charge in [0.1, 0.15) is 11.4 Å². The van der Waals surface area contributed by atoms with Gasteiger partial charge in [-0.05, 0) is 18.2 Å². The summed E-state index contributed by atoms with van der Waals surface area (Å²) in [6.45, 7) is 0. The molecule has 0 aliphatic rings. The first-order chi connectivity index (χ1) is 8.79. The van der Waals surface area contributed by atoms with Gasteiger partial charge in [-0.15, -0.1) is 0 Å². The topological polar surface area (TPSA) is 47.3 Å². The number of rotatable bonds is 2. The van der Waals surface area contributed by atoms with Gasteiger partial charge in [-0.2, -0.15) is 0 Å².